The van der Waals surface area contributed by atoms with Gasteiger partial charge in [0.05, 0.1) is 12.8 Å². The number of ether oxygens (including phenoxy) is 1. The van der Waals surface area contributed by atoms with Crippen molar-refractivity contribution in [3.63, 3.8) is 0 Å². The van der Waals surface area contributed by atoms with E-state index in [2.05, 4.69) is 40.7 Å². The van der Waals surface area contributed by atoms with Crippen LogP contribution in [0.2, 0.25) is 0 Å². The molecular weight excluding hydrogens is 436 g/mol. The van der Waals surface area contributed by atoms with Crippen LogP contribution in [0.4, 0.5) is 0 Å². The third kappa shape index (κ3) is 5.37. The van der Waals surface area contributed by atoms with Crippen LogP contribution in [0.15, 0.2) is 11.6 Å². The number of hydrogen-bond acceptors (Lipinski definition) is 3. The third-order valence-corrected chi connectivity index (χ3v) is 11.1. The van der Waals surface area contributed by atoms with Crippen LogP contribution >= 0.6 is 0 Å². The van der Waals surface area contributed by atoms with Gasteiger partial charge in [0.1, 0.15) is 6.10 Å². The Morgan fingerprint density at radius 3 is 2.51 bits per heavy atom. The Morgan fingerprint density at radius 1 is 1.03 bits per heavy atom. The van der Waals surface area contributed by atoms with Crippen molar-refractivity contribution in [2.24, 2.45) is 46.3 Å². The molecular formula is C31H50O4. The molecule has 0 heterocycles. The second-order valence-electron chi connectivity index (χ2n) is 13.5. The highest BCUT2D eigenvalue weighted by Gasteiger charge is 2.59. The van der Waals surface area contributed by atoms with Crippen molar-refractivity contribution in [2.45, 2.75) is 124 Å². The molecule has 0 bridgehead atoms. The molecule has 0 aromatic rings. The Labute approximate surface area is 213 Å². The lowest BCUT2D eigenvalue weighted by Gasteiger charge is -2.58. The van der Waals surface area contributed by atoms with Crippen molar-refractivity contribution >= 4 is 11.9 Å². The van der Waals surface area contributed by atoms with E-state index in [1.165, 1.54) is 56.9 Å². The van der Waals surface area contributed by atoms with Crippen LogP contribution in [-0.2, 0) is 14.3 Å². The van der Waals surface area contributed by atoms with Crippen LogP contribution in [-0.4, -0.2) is 23.1 Å². The molecule has 0 aromatic heterocycles. The predicted octanol–water partition coefficient (Wildman–Crippen LogP) is 7.80. The zero-order valence-electron chi connectivity index (χ0n) is 23.0. The summed E-state index contributed by atoms with van der Waals surface area (Å²) in [6.07, 6.45) is 16.0. The molecule has 0 amide bonds. The highest BCUT2D eigenvalue weighted by Crippen LogP contribution is 2.67. The summed E-state index contributed by atoms with van der Waals surface area (Å²) in [7, 11) is 0. The first kappa shape index (κ1) is 26.7. The second-order valence-corrected chi connectivity index (χ2v) is 13.5. The predicted molar refractivity (Wildman–Crippen MR) is 140 cm³/mol. The SMILES string of the molecule is CC(C)CCC[C@@H](C)[C@H]1CC[C@H]2[C@@H]3CC=C4C[C@@H](OC(=O)CCC(=O)O)CC[C@@]4(C)[C@H]3CC[C@@]12C. The lowest BCUT2D eigenvalue weighted by Crippen LogP contribution is -2.51. The van der Waals surface area contributed by atoms with Gasteiger partial charge in [-0.05, 0) is 91.3 Å². The molecule has 4 aliphatic rings. The van der Waals surface area contributed by atoms with Gasteiger partial charge in [-0.3, -0.25) is 9.59 Å². The molecule has 35 heavy (non-hydrogen) atoms. The molecule has 4 aliphatic carbocycles. The number of carbonyl (C=O) groups is 2. The number of allylic oxidation sites excluding steroid dienone is 1. The minimum Gasteiger partial charge on any atom is -0.481 e. The lowest BCUT2D eigenvalue weighted by atomic mass is 9.47. The van der Waals surface area contributed by atoms with Gasteiger partial charge in [-0.25, -0.2) is 0 Å². The number of rotatable bonds is 9. The van der Waals surface area contributed by atoms with E-state index >= 15 is 0 Å². The quantitative estimate of drug-likeness (QED) is 0.267. The first-order valence-corrected chi connectivity index (χ1v) is 14.7. The number of carboxylic acid groups (broad SMARTS) is 1. The average molecular weight is 487 g/mol. The molecule has 4 heteroatoms. The fourth-order valence-corrected chi connectivity index (χ4v) is 9.21. The molecule has 3 fully saturated rings. The number of esters is 1. The molecule has 8 atom stereocenters. The van der Waals surface area contributed by atoms with Crippen molar-refractivity contribution in [2.75, 3.05) is 0 Å². The second kappa shape index (κ2) is 10.6. The summed E-state index contributed by atoms with van der Waals surface area (Å²) in [5.74, 6) is 3.68. The van der Waals surface area contributed by atoms with Gasteiger partial charge < -0.3 is 9.84 Å². The summed E-state index contributed by atoms with van der Waals surface area (Å²) in [6.45, 7) is 12.4. The summed E-state index contributed by atoms with van der Waals surface area (Å²) >= 11 is 0. The van der Waals surface area contributed by atoms with E-state index in [1.54, 1.807) is 0 Å². The Balaban J connectivity index is 1.40. The van der Waals surface area contributed by atoms with Gasteiger partial charge in [-0.2, -0.15) is 0 Å². The molecule has 1 N–H and O–H groups in total. The minimum absolute atomic E-state index is 0.0236. The standard InChI is InChI=1S/C31H50O4/c1-20(2)7-6-8-21(3)25-11-12-26-24-10-9-22-19-23(35-29(34)14-13-28(32)33)15-17-30(22,4)27(24)16-18-31(25,26)5/h9,20-21,23-27H,6-8,10-19H2,1-5H3,(H,32,33)/t21-,23+,24+,25-,26+,27+,30-,31+/m1/s1. The highest BCUT2D eigenvalue weighted by atomic mass is 16.5. The lowest BCUT2D eigenvalue weighted by molar-refractivity contribution is -0.154. The van der Waals surface area contributed by atoms with E-state index in [-0.39, 0.29) is 30.3 Å². The maximum atomic E-state index is 12.1. The zero-order valence-corrected chi connectivity index (χ0v) is 23.0. The van der Waals surface area contributed by atoms with E-state index in [4.69, 9.17) is 9.84 Å². The smallest absolute Gasteiger partial charge is 0.306 e. The molecule has 0 spiro atoms. The van der Waals surface area contributed by atoms with Crippen molar-refractivity contribution in [1.82, 2.24) is 0 Å². The highest BCUT2D eigenvalue weighted by molar-refractivity contribution is 5.76. The number of carboxylic acids is 1. The molecule has 4 rings (SSSR count). The summed E-state index contributed by atoms with van der Waals surface area (Å²) < 4.78 is 5.70. The molecule has 198 valence electrons. The van der Waals surface area contributed by atoms with Crippen LogP contribution < -0.4 is 0 Å². The molecule has 0 aromatic carbocycles. The van der Waals surface area contributed by atoms with Crippen molar-refractivity contribution in [3.05, 3.63) is 11.6 Å². The van der Waals surface area contributed by atoms with Crippen molar-refractivity contribution < 1.29 is 19.4 Å². The van der Waals surface area contributed by atoms with Crippen molar-refractivity contribution in [1.29, 1.82) is 0 Å². The number of fused-ring (bicyclic) bond motifs is 5. The van der Waals surface area contributed by atoms with E-state index < -0.39 is 5.97 Å². The minimum atomic E-state index is -0.942. The molecule has 0 saturated heterocycles. The Hall–Kier alpha value is -1.32. The van der Waals surface area contributed by atoms with Crippen LogP contribution in [0.25, 0.3) is 0 Å². The molecule has 0 unspecified atom stereocenters. The van der Waals surface area contributed by atoms with Crippen molar-refractivity contribution in [3.8, 4) is 0 Å². The fourth-order valence-electron chi connectivity index (χ4n) is 9.21. The zero-order chi connectivity index (χ0) is 25.4. The molecule has 0 radical (unpaired) electrons. The Morgan fingerprint density at radius 2 is 1.80 bits per heavy atom. The monoisotopic (exact) mass is 486 g/mol. The van der Waals surface area contributed by atoms with Gasteiger partial charge in [0.25, 0.3) is 0 Å². The van der Waals surface area contributed by atoms with E-state index in [0.717, 1.165) is 54.8 Å². The van der Waals surface area contributed by atoms with E-state index in [9.17, 15) is 9.59 Å². The molecule has 0 aliphatic heterocycles. The first-order chi connectivity index (χ1) is 16.5. The largest absolute Gasteiger partial charge is 0.481 e. The van der Waals surface area contributed by atoms with E-state index in [1.807, 2.05) is 0 Å². The van der Waals surface area contributed by atoms with Gasteiger partial charge in [0, 0.05) is 6.42 Å². The van der Waals surface area contributed by atoms with Gasteiger partial charge >= 0.3 is 11.9 Å². The summed E-state index contributed by atoms with van der Waals surface area (Å²) in [6, 6.07) is 0. The number of aliphatic carboxylic acids is 1. The Bertz CT molecular complexity index is 815. The topological polar surface area (TPSA) is 63.6 Å². The van der Waals surface area contributed by atoms with Gasteiger partial charge in [0.15, 0.2) is 0 Å². The maximum Gasteiger partial charge on any atom is 0.306 e. The number of carbonyl (C=O) groups excluding carboxylic acids is 1. The normalized spacial score (nSPS) is 39.3. The van der Waals surface area contributed by atoms with Crippen LogP contribution in [0.1, 0.15) is 118 Å². The Kier molecular flexibility index (Phi) is 8.08. The van der Waals surface area contributed by atoms with E-state index in [0.29, 0.717) is 5.41 Å². The van der Waals surface area contributed by atoms with Gasteiger partial charge in [-0.15, -0.1) is 0 Å². The molecule has 3 saturated carbocycles. The molecule has 4 nitrogen and oxygen atoms in total. The summed E-state index contributed by atoms with van der Waals surface area (Å²) in [5, 5.41) is 8.84. The van der Waals surface area contributed by atoms with Gasteiger partial charge in [-0.1, -0.05) is 65.5 Å². The first-order valence-electron chi connectivity index (χ1n) is 14.7. The van der Waals surface area contributed by atoms with Crippen LogP contribution in [0.5, 0.6) is 0 Å². The van der Waals surface area contributed by atoms with Crippen LogP contribution in [0, 0.1) is 46.3 Å². The van der Waals surface area contributed by atoms with Crippen LogP contribution in [0.3, 0.4) is 0 Å². The average Bonchev–Trinajstić information content (AvgIpc) is 3.15. The van der Waals surface area contributed by atoms with Gasteiger partial charge in [0.2, 0.25) is 0 Å². The third-order valence-electron chi connectivity index (χ3n) is 11.1. The summed E-state index contributed by atoms with van der Waals surface area (Å²) in [5.41, 5.74) is 2.27. The maximum absolute atomic E-state index is 12.1. The summed E-state index contributed by atoms with van der Waals surface area (Å²) in [4.78, 5) is 22.9. The fraction of sp³-hybridized carbons (Fsp3) is 0.871. The number of hydrogen-bond donors (Lipinski definition) is 1.